The third kappa shape index (κ3) is 4.32. The normalized spacial score (nSPS) is 12.8. The average Bonchev–Trinajstić information content (AvgIpc) is 3.64. The van der Waals surface area contributed by atoms with Crippen LogP contribution in [0, 0.1) is 0 Å². The van der Waals surface area contributed by atoms with Gasteiger partial charge in [0.2, 0.25) is 0 Å². The SMILES string of the molecule is CC(C)(C)c1ccc2c(-c3cccc4c3oc3ccccc34)c3cc(C(C)(C)C)ccc3c(-c3ccc4oc5ccccc5c4c3)c2c1. The smallest absolute Gasteiger partial charge is 0.143 e. The predicted octanol–water partition coefficient (Wildman–Crippen LogP) is 13.7. The zero-order valence-electron chi connectivity index (χ0n) is 28.4. The van der Waals surface area contributed by atoms with Crippen molar-refractivity contribution in [1.29, 1.82) is 0 Å². The highest BCUT2D eigenvalue weighted by Crippen LogP contribution is 2.48. The van der Waals surface area contributed by atoms with Gasteiger partial charge in [-0.15, -0.1) is 0 Å². The molecule has 0 amide bonds. The van der Waals surface area contributed by atoms with Crippen LogP contribution in [0.4, 0.5) is 0 Å². The Morgan fingerprint density at radius 3 is 1.58 bits per heavy atom. The van der Waals surface area contributed by atoms with Crippen LogP contribution < -0.4 is 0 Å². The maximum atomic E-state index is 6.70. The lowest BCUT2D eigenvalue weighted by atomic mass is 9.79. The fourth-order valence-corrected chi connectivity index (χ4v) is 7.59. The molecule has 0 aliphatic carbocycles. The number of fused-ring (bicyclic) bond motifs is 8. The topological polar surface area (TPSA) is 26.3 Å². The second-order valence-corrected chi connectivity index (χ2v) is 15.4. The molecule has 2 heterocycles. The van der Waals surface area contributed by atoms with E-state index >= 15 is 0 Å². The molecule has 0 atom stereocenters. The molecule has 0 unspecified atom stereocenters. The minimum atomic E-state index is -0.0172. The molecule has 0 fully saturated rings. The van der Waals surface area contributed by atoms with Crippen molar-refractivity contribution in [2.75, 3.05) is 0 Å². The standard InChI is InChI=1S/C46H38O2/c1-45(2,3)28-20-22-33-37(25-28)42(27-18-23-41-36(24-27)31-13-8-9-16-39(31)47-41)32-21-19-29(46(4,5)6)26-38(32)43(33)35-15-11-14-34-30-12-7-10-17-40(30)48-44(34)35/h7-26H,1-6H3. The van der Waals surface area contributed by atoms with Gasteiger partial charge in [0.05, 0.1) is 0 Å². The zero-order valence-corrected chi connectivity index (χ0v) is 28.4. The highest BCUT2D eigenvalue weighted by atomic mass is 16.3. The summed E-state index contributed by atoms with van der Waals surface area (Å²) in [5, 5.41) is 9.50. The molecule has 0 bridgehead atoms. The Kier molecular flexibility index (Phi) is 6.06. The van der Waals surface area contributed by atoms with Gasteiger partial charge in [-0.1, -0.05) is 126 Å². The summed E-state index contributed by atoms with van der Waals surface area (Å²) in [7, 11) is 0. The quantitative estimate of drug-likeness (QED) is 0.179. The fourth-order valence-electron chi connectivity index (χ4n) is 7.59. The molecule has 0 radical (unpaired) electrons. The molecular formula is C46H38O2. The molecular weight excluding hydrogens is 585 g/mol. The summed E-state index contributed by atoms with van der Waals surface area (Å²) in [6, 6.07) is 44.2. The number of benzene rings is 7. The van der Waals surface area contributed by atoms with Crippen molar-refractivity contribution in [2.24, 2.45) is 0 Å². The largest absolute Gasteiger partial charge is 0.456 e. The number of hydrogen-bond acceptors (Lipinski definition) is 2. The lowest BCUT2D eigenvalue weighted by Gasteiger charge is -2.25. The molecule has 0 saturated carbocycles. The van der Waals surface area contributed by atoms with Crippen molar-refractivity contribution < 1.29 is 8.83 Å². The van der Waals surface area contributed by atoms with Gasteiger partial charge in [-0.2, -0.15) is 0 Å². The van der Waals surface area contributed by atoms with E-state index in [0.29, 0.717) is 0 Å². The maximum absolute atomic E-state index is 6.70. The average molecular weight is 623 g/mol. The van der Waals surface area contributed by atoms with E-state index in [9.17, 15) is 0 Å². The van der Waals surface area contributed by atoms with E-state index in [2.05, 4.69) is 151 Å². The molecule has 48 heavy (non-hydrogen) atoms. The molecule has 0 saturated heterocycles. The van der Waals surface area contributed by atoms with Crippen LogP contribution in [-0.4, -0.2) is 0 Å². The van der Waals surface area contributed by atoms with E-state index in [4.69, 9.17) is 8.83 Å². The van der Waals surface area contributed by atoms with E-state index in [1.165, 1.54) is 49.4 Å². The number of hydrogen-bond donors (Lipinski definition) is 0. The Morgan fingerprint density at radius 2 is 0.917 bits per heavy atom. The first-order valence-electron chi connectivity index (χ1n) is 16.9. The van der Waals surface area contributed by atoms with Gasteiger partial charge in [0.15, 0.2) is 0 Å². The van der Waals surface area contributed by atoms with Gasteiger partial charge < -0.3 is 8.83 Å². The van der Waals surface area contributed by atoms with E-state index in [1.807, 2.05) is 12.1 Å². The molecule has 234 valence electrons. The summed E-state index contributed by atoms with van der Waals surface area (Å²) in [5.74, 6) is 0. The van der Waals surface area contributed by atoms with Crippen LogP contribution in [0.3, 0.4) is 0 Å². The Balaban J connectivity index is 1.48. The molecule has 2 nitrogen and oxygen atoms in total. The first-order valence-corrected chi connectivity index (χ1v) is 16.9. The minimum Gasteiger partial charge on any atom is -0.456 e. The molecule has 9 rings (SSSR count). The highest BCUT2D eigenvalue weighted by Gasteiger charge is 2.25. The zero-order chi connectivity index (χ0) is 32.9. The molecule has 0 N–H and O–H groups in total. The van der Waals surface area contributed by atoms with Gasteiger partial charge in [0.1, 0.15) is 22.3 Å². The minimum absolute atomic E-state index is 0.0138. The molecule has 0 spiro atoms. The van der Waals surface area contributed by atoms with Gasteiger partial charge in [-0.05, 0) is 91.0 Å². The molecule has 2 heteroatoms. The van der Waals surface area contributed by atoms with Crippen LogP contribution in [0.1, 0.15) is 52.7 Å². The lowest BCUT2D eigenvalue weighted by molar-refractivity contribution is 0.590. The van der Waals surface area contributed by atoms with E-state index in [1.54, 1.807) is 0 Å². The number of furan rings is 2. The Bertz CT molecular complexity index is 2740. The molecule has 7 aromatic carbocycles. The maximum Gasteiger partial charge on any atom is 0.143 e. The monoisotopic (exact) mass is 622 g/mol. The second kappa shape index (κ2) is 10.1. The summed E-state index contributed by atoms with van der Waals surface area (Å²) in [5.41, 5.74) is 11.0. The number of rotatable bonds is 2. The summed E-state index contributed by atoms with van der Waals surface area (Å²) in [6.07, 6.45) is 0. The molecule has 9 aromatic rings. The van der Waals surface area contributed by atoms with Crippen molar-refractivity contribution in [3.05, 3.63) is 132 Å². The van der Waals surface area contributed by atoms with E-state index in [-0.39, 0.29) is 10.8 Å². The van der Waals surface area contributed by atoms with E-state index in [0.717, 1.165) is 49.4 Å². The van der Waals surface area contributed by atoms with Gasteiger partial charge in [0.25, 0.3) is 0 Å². The van der Waals surface area contributed by atoms with Crippen LogP contribution in [-0.2, 0) is 10.8 Å². The van der Waals surface area contributed by atoms with Gasteiger partial charge in [0, 0.05) is 32.7 Å². The van der Waals surface area contributed by atoms with Crippen molar-refractivity contribution >= 4 is 65.4 Å². The number of para-hydroxylation sites is 3. The van der Waals surface area contributed by atoms with Crippen LogP contribution in [0.15, 0.2) is 130 Å². The van der Waals surface area contributed by atoms with Crippen molar-refractivity contribution in [2.45, 2.75) is 52.4 Å². The fraction of sp³-hybridized carbons (Fsp3) is 0.174. The van der Waals surface area contributed by atoms with Crippen molar-refractivity contribution in [3.8, 4) is 22.3 Å². The van der Waals surface area contributed by atoms with Crippen molar-refractivity contribution in [3.63, 3.8) is 0 Å². The van der Waals surface area contributed by atoms with E-state index < -0.39 is 0 Å². The van der Waals surface area contributed by atoms with Crippen LogP contribution in [0.25, 0.3) is 87.7 Å². The lowest BCUT2D eigenvalue weighted by Crippen LogP contribution is -2.11. The second-order valence-electron chi connectivity index (χ2n) is 15.4. The van der Waals surface area contributed by atoms with Gasteiger partial charge >= 0.3 is 0 Å². The summed E-state index contributed by atoms with van der Waals surface area (Å²) < 4.78 is 13.0. The summed E-state index contributed by atoms with van der Waals surface area (Å²) in [4.78, 5) is 0. The highest BCUT2D eigenvalue weighted by molar-refractivity contribution is 6.25. The summed E-state index contributed by atoms with van der Waals surface area (Å²) >= 11 is 0. The van der Waals surface area contributed by atoms with Crippen LogP contribution in [0.2, 0.25) is 0 Å². The first-order chi connectivity index (χ1) is 23.1. The Hall–Kier alpha value is -5.34. The van der Waals surface area contributed by atoms with Crippen LogP contribution in [0.5, 0.6) is 0 Å². The molecule has 0 aliphatic rings. The Labute approximate surface area is 280 Å². The van der Waals surface area contributed by atoms with Gasteiger partial charge in [-0.3, -0.25) is 0 Å². The van der Waals surface area contributed by atoms with Gasteiger partial charge in [-0.25, -0.2) is 0 Å². The third-order valence-corrected chi connectivity index (χ3v) is 10.2. The van der Waals surface area contributed by atoms with Crippen molar-refractivity contribution in [1.82, 2.24) is 0 Å². The predicted molar refractivity (Wildman–Crippen MR) is 204 cm³/mol. The first kappa shape index (κ1) is 28.8. The molecule has 2 aromatic heterocycles. The summed E-state index contributed by atoms with van der Waals surface area (Å²) in [6.45, 7) is 13.8. The molecule has 0 aliphatic heterocycles. The third-order valence-electron chi connectivity index (χ3n) is 10.2. The van der Waals surface area contributed by atoms with Crippen LogP contribution >= 0.6 is 0 Å². The Morgan fingerprint density at radius 1 is 0.375 bits per heavy atom.